The Morgan fingerprint density at radius 3 is 2.13 bits per heavy atom. The van der Waals surface area contributed by atoms with E-state index in [1.165, 1.54) is 24.3 Å². The molecule has 1 fully saturated rings. The third-order valence-electron chi connectivity index (χ3n) is 3.49. The van der Waals surface area contributed by atoms with E-state index in [-0.39, 0.29) is 35.5 Å². The number of thioether (sulfide) groups is 1. The van der Waals surface area contributed by atoms with E-state index in [4.69, 9.17) is 0 Å². The monoisotopic (exact) mass is 376 g/mol. The first-order valence-electron chi connectivity index (χ1n) is 6.94. The van der Waals surface area contributed by atoms with Crippen LogP contribution in [0.15, 0.2) is 29.2 Å². The van der Waals surface area contributed by atoms with Gasteiger partial charge in [0.05, 0.1) is 0 Å². The summed E-state index contributed by atoms with van der Waals surface area (Å²) in [7, 11) is 0. The summed E-state index contributed by atoms with van der Waals surface area (Å²) >= 11 is -0.201. The predicted octanol–water partition coefficient (Wildman–Crippen LogP) is 4.32. The highest BCUT2D eigenvalue weighted by Crippen LogP contribution is 2.37. The quantitative estimate of drug-likeness (QED) is 0.608. The molecular weight excluding hydrogens is 359 g/mol. The van der Waals surface area contributed by atoms with Gasteiger partial charge in [-0.05, 0) is 29.5 Å². The second-order valence-electron chi connectivity index (χ2n) is 5.05. The highest BCUT2D eigenvalue weighted by molar-refractivity contribution is 8.00. The highest BCUT2D eigenvalue weighted by Gasteiger charge is 2.30. The number of nitrogens with one attached hydrogen (secondary N) is 1. The Kier molecular flexibility index (Phi) is 8.06. The van der Waals surface area contributed by atoms with E-state index in [1.54, 1.807) is 0 Å². The smallest absolute Gasteiger partial charge is 0.314 e. The molecule has 0 bridgehead atoms. The number of hydrogen-bond acceptors (Lipinski definition) is 3. The van der Waals surface area contributed by atoms with Crippen LogP contribution in [0.2, 0.25) is 0 Å². The average Bonchev–Trinajstić information content (AvgIpc) is 2.45. The molecule has 0 spiro atoms. The van der Waals surface area contributed by atoms with Gasteiger partial charge in [0.1, 0.15) is 0 Å². The Hall–Kier alpha value is -0.570. The summed E-state index contributed by atoms with van der Waals surface area (Å²) in [6.45, 7) is 2.75. The second-order valence-corrected chi connectivity index (χ2v) is 6.18. The van der Waals surface area contributed by atoms with Gasteiger partial charge in [0.2, 0.25) is 6.43 Å². The van der Waals surface area contributed by atoms with Crippen LogP contribution in [0.5, 0.6) is 0 Å². The van der Waals surface area contributed by atoms with E-state index >= 15 is 0 Å². The molecule has 0 unspecified atom stereocenters. The minimum atomic E-state index is -4.34. The molecule has 1 heterocycles. The van der Waals surface area contributed by atoms with Crippen LogP contribution in [-0.4, -0.2) is 43.0 Å². The molecule has 1 atom stereocenters. The van der Waals surface area contributed by atoms with E-state index in [2.05, 4.69) is 5.32 Å². The lowest BCUT2D eigenvalue weighted by atomic mass is 10.0. The number of nitrogens with zero attached hydrogens (tertiary/aromatic N) is 1. The molecule has 0 amide bonds. The van der Waals surface area contributed by atoms with Crippen LogP contribution in [0.25, 0.3) is 0 Å². The van der Waals surface area contributed by atoms with Crippen molar-refractivity contribution < 1.29 is 22.0 Å². The first kappa shape index (κ1) is 20.5. The summed E-state index contributed by atoms with van der Waals surface area (Å²) in [5, 5.41) is 3.15. The van der Waals surface area contributed by atoms with Gasteiger partial charge >= 0.3 is 5.51 Å². The van der Waals surface area contributed by atoms with Crippen molar-refractivity contribution in [1.29, 1.82) is 0 Å². The van der Waals surface area contributed by atoms with Gasteiger partial charge in [-0.1, -0.05) is 12.1 Å². The molecule has 9 heteroatoms. The molecule has 0 aromatic heterocycles. The van der Waals surface area contributed by atoms with E-state index in [1.807, 2.05) is 4.90 Å². The molecule has 1 aliphatic rings. The van der Waals surface area contributed by atoms with E-state index < -0.39 is 18.0 Å². The van der Waals surface area contributed by atoms with Gasteiger partial charge in [0.15, 0.2) is 0 Å². The number of halogens is 6. The Bertz CT molecular complexity index is 463. The van der Waals surface area contributed by atoms with Crippen LogP contribution in [0.4, 0.5) is 22.0 Å². The first-order valence-corrected chi connectivity index (χ1v) is 7.75. The lowest BCUT2D eigenvalue weighted by molar-refractivity contribution is -0.0328. The van der Waals surface area contributed by atoms with Crippen molar-refractivity contribution in [2.45, 2.75) is 29.3 Å². The zero-order valence-electron chi connectivity index (χ0n) is 12.2. The lowest BCUT2D eigenvalue weighted by Gasteiger charge is -2.35. The van der Waals surface area contributed by atoms with Crippen molar-refractivity contribution in [3.63, 3.8) is 0 Å². The SMILES string of the molecule is Cl.FC(F)C[C@H](c1ccc(SC(F)(F)F)cc1)N1CCNCC1. The summed E-state index contributed by atoms with van der Waals surface area (Å²) in [5.74, 6) is 0. The zero-order valence-corrected chi connectivity index (χ0v) is 13.8. The fourth-order valence-corrected chi connectivity index (χ4v) is 3.09. The fourth-order valence-electron chi connectivity index (χ4n) is 2.55. The van der Waals surface area contributed by atoms with Crippen LogP contribution >= 0.6 is 24.2 Å². The number of hydrogen-bond donors (Lipinski definition) is 1. The maximum atomic E-state index is 12.8. The normalized spacial score (nSPS) is 17.8. The van der Waals surface area contributed by atoms with E-state index in [0.717, 1.165) is 13.1 Å². The van der Waals surface area contributed by atoms with Crippen molar-refractivity contribution in [2.24, 2.45) is 0 Å². The molecule has 0 saturated carbocycles. The van der Waals surface area contributed by atoms with Crippen molar-refractivity contribution in [3.05, 3.63) is 29.8 Å². The molecule has 1 aliphatic heterocycles. The molecule has 1 aromatic rings. The number of piperazine rings is 1. The maximum Gasteiger partial charge on any atom is 0.446 e. The maximum absolute atomic E-state index is 12.8. The van der Waals surface area contributed by atoms with Crippen molar-refractivity contribution in [2.75, 3.05) is 26.2 Å². The summed E-state index contributed by atoms with van der Waals surface area (Å²) in [5.41, 5.74) is -3.71. The Morgan fingerprint density at radius 1 is 1.09 bits per heavy atom. The van der Waals surface area contributed by atoms with Crippen molar-refractivity contribution >= 4 is 24.2 Å². The molecule has 1 saturated heterocycles. The van der Waals surface area contributed by atoms with Crippen molar-refractivity contribution in [1.82, 2.24) is 10.2 Å². The predicted molar refractivity (Wildman–Crippen MR) is 83.4 cm³/mol. The number of benzene rings is 1. The second kappa shape index (κ2) is 9.05. The minimum Gasteiger partial charge on any atom is -0.314 e. The number of alkyl halides is 5. The average molecular weight is 377 g/mol. The van der Waals surface area contributed by atoms with Gasteiger partial charge < -0.3 is 5.32 Å². The third-order valence-corrected chi connectivity index (χ3v) is 4.23. The third kappa shape index (κ3) is 6.82. The van der Waals surface area contributed by atoms with Crippen molar-refractivity contribution in [3.8, 4) is 0 Å². The van der Waals surface area contributed by atoms with Crippen LogP contribution in [0, 0.1) is 0 Å². The summed E-state index contributed by atoms with van der Waals surface area (Å²) in [6.07, 6.45) is -2.77. The zero-order chi connectivity index (χ0) is 16.2. The Morgan fingerprint density at radius 2 is 1.65 bits per heavy atom. The topological polar surface area (TPSA) is 15.3 Å². The molecule has 0 aliphatic carbocycles. The van der Waals surface area contributed by atoms with Crippen LogP contribution in [0.3, 0.4) is 0 Å². The molecule has 23 heavy (non-hydrogen) atoms. The minimum absolute atomic E-state index is 0. The first-order chi connectivity index (χ1) is 10.3. The molecule has 2 rings (SSSR count). The van der Waals surface area contributed by atoms with Crippen LogP contribution < -0.4 is 5.32 Å². The molecule has 2 nitrogen and oxygen atoms in total. The molecule has 132 valence electrons. The summed E-state index contributed by atoms with van der Waals surface area (Å²) < 4.78 is 62.6. The molecule has 1 aromatic carbocycles. The van der Waals surface area contributed by atoms with Gasteiger partial charge in [-0.3, -0.25) is 4.90 Å². The lowest BCUT2D eigenvalue weighted by Crippen LogP contribution is -2.45. The van der Waals surface area contributed by atoms with Gasteiger partial charge in [-0.15, -0.1) is 12.4 Å². The van der Waals surface area contributed by atoms with Crippen LogP contribution in [-0.2, 0) is 0 Å². The van der Waals surface area contributed by atoms with E-state index in [0.29, 0.717) is 18.7 Å². The Balaban J connectivity index is 0.00000264. The largest absolute Gasteiger partial charge is 0.446 e. The van der Waals surface area contributed by atoms with Gasteiger partial charge in [0.25, 0.3) is 0 Å². The van der Waals surface area contributed by atoms with Crippen LogP contribution in [0.1, 0.15) is 18.0 Å². The molecular formula is C14H18ClF5N2S. The number of rotatable bonds is 5. The summed E-state index contributed by atoms with van der Waals surface area (Å²) in [4.78, 5) is 2.02. The fraction of sp³-hybridized carbons (Fsp3) is 0.571. The van der Waals surface area contributed by atoms with Gasteiger partial charge in [0, 0.05) is 43.5 Å². The van der Waals surface area contributed by atoms with E-state index in [9.17, 15) is 22.0 Å². The molecule has 0 radical (unpaired) electrons. The molecule has 1 N–H and O–H groups in total. The standard InChI is InChI=1S/C14H17F5N2S.ClH/c15-13(16)9-12(21-7-5-20-6-8-21)10-1-3-11(4-2-10)22-14(17,18)19;/h1-4,12-13,20H,5-9H2;1H/t12-;/m1./s1. The summed E-state index contributed by atoms with van der Waals surface area (Å²) in [6, 6.07) is 5.25. The highest BCUT2D eigenvalue weighted by atomic mass is 35.5. The Labute approximate surface area is 142 Å². The van der Waals surface area contributed by atoms with Gasteiger partial charge in [-0.2, -0.15) is 13.2 Å². The van der Waals surface area contributed by atoms with Gasteiger partial charge in [-0.25, -0.2) is 8.78 Å².